The Kier molecular flexibility index (Phi) is 5.22. The predicted molar refractivity (Wildman–Crippen MR) is 97.1 cm³/mol. The third-order valence-electron chi connectivity index (χ3n) is 4.77. The van der Waals surface area contributed by atoms with E-state index in [0.717, 1.165) is 37.4 Å². The Morgan fingerprint density at radius 3 is 2.68 bits per heavy atom. The van der Waals surface area contributed by atoms with Crippen molar-refractivity contribution in [2.75, 3.05) is 6.54 Å². The zero-order chi connectivity index (χ0) is 18.0. The minimum Gasteiger partial charge on any atom is -0.268 e. The third kappa shape index (κ3) is 3.92. The highest BCUT2D eigenvalue weighted by atomic mass is 32.2. The zero-order valence-corrected chi connectivity index (χ0v) is 14.9. The molecule has 0 radical (unpaired) electrons. The molecule has 25 heavy (non-hydrogen) atoms. The average molecular weight is 360 g/mol. The number of imide groups is 1. The number of nitro benzene ring substituents is 1. The molecule has 0 bridgehead atoms. The van der Waals surface area contributed by atoms with E-state index < -0.39 is 4.92 Å². The molecule has 1 saturated heterocycles. The Bertz CT molecular complexity index is 753. The van der Waals surface area contributed by atoms with Crippen LogP contribution in [0.15, 0.2) is 23.1 Å². The number of aryl methyl sites for hydroxylation is 1. The molecule has 6 nitrogen and oxygen atoms in total. The lowest BCUT2D eigenvalue weighted by Gasteiger charge is -2.25. The van der Waals surface area contributed by atoms with Crippen LogP contribution in [-0.4, -0.2) is 27.5 Å². The number of hydrogen-bond donors (Lipinski definition) is 0. The number of amides is 2. The fourth-order valence-corrected chi connectivity index (χ4v) is 4.20. The van der Waals surface area contributed by atoms with E-state index in [1.54, 1.807) is 25.1 Å². The van der Waals surface area contributed by atoms with Gasteiger partial charge in [-0.05, 0) is 49.1 Å². The van der Waals surface area contributed by atoms with E-state index in [1.165, 1.54) is 17.4 Å². The molecule has 1 aromatic rings. The van der Waals surface area contributed by atoms with E-state index in [2.05, 4.69) is 0 Å². The second-order valence-electron chi connectivity index (χ2n) is 6.60. The number of rotatable bonds is 4. The van der Waals surface area contributed by atoms with Crippen LogP contribution in [-0.2, 0) is 4.79 Å². The summed E-state index contributed by atoms with van der Waals surface area (Å²) in [4.78, 5) is 37.0. The van der Waals surface area contributed by atoms with Gasteiger partial charge in [0.25, 0.3) is 16.8 Å². The normalized spacial score (nSPS) is 20.5. The summed E-state index contributed by atoms with van der Waals surface area (Å²) in [5.74, 6) is 0.103. The number of hydrogen-bond acceptors (Lipinski definition) is 5. The molecule has 1 heterocycles. The van der Waals surface area contributed by atoms with Crippen LogP contribution >= 0.6 is 11.8 Å². The van der Waals surface area contributed by atoms with E-state index in [-0.39, 0.29) is 16.8 Å². The first-order valence-electron chi connectivity index (χ1n) is 8.46. The maximum Gasteiger partial charge on any atom is 0.293 e. The molecule has 132 valence electrons. The van der Waals surface area contributed by atoms with Crippen molar-refractivity contribution in [1.29, 1.82) is 0 Å². The van der Waals surface area contributed by atoms with Crippen LogP contribution < -0.4 is 0 Å². The van der Waals surface area contributed by atoms with Crippen molar-refractivity contribution in [3.8, 4) is 0 Å². The first kappa shape index (κ1) is 17.7. The van der Waals surface area contributed by atoms with Gasteiger partial charge in [-0.3, -0.25) is 24.6 Å². The lowest BCUT2D eigenvalue weighted by molar-refractivity contribution is -0.385. The van der Waals surface area contributed by atoms with Crippen molar-refractivity contribution in [2.24, 2.45) is 5.92 Å². The van der Waals surface area contributed by atoms with Gasteiger partial charge < -0.3 is 0 Å². The lowest BCUT2D eigenvalue weighted by atomic mass is 9.89. The van der Waals surface area contributed by atoms with Crippen molar-refractivity contribution < 1.29 is 14.5 Å². The van der Waals surface area contributed by atoms with E-state index in [0.29, 0.717) is 28.5 Å². The van der Waals surface area contributed by atoms with E-state index >= 15 is 0 Å². The van der Waals surface area contributed by atoms with Crippen molar-refractivity contribution in [3.05, 3.63) is 44.3 Å². The molecule has 3 rings (SSSR count). The first-order valence-corrected chi connectivity index (χ1v) is 9.28. The largest absolute Gasteiger partial charge is 0.293 e. The summed E-state index contributed by atoms with van der Waals surface area (Å²) >= 11 is 0.912. The first-order chi connectivity index (χ1) is 12.0. The molecule has 0 aromatic heterocycles. The number of nitro groups is 1. The molecule has 1 aliphatic carbocycles. The highest BCUT2D eigenvalue weighted by Gasteiger charge is 2.36. The Labute approximate surface area is 150 Å². The summed E-state index contributed by atoms with van der Waals surface area (Å²) in [6, 6.07) is 4.80. The SMILES string of the molecule is Cc1ccc(/C=C2/SC(=O)N(CC3CCCCC3)C2=O)cc1[N+](=O)[O-]. The minimum atomic E-state index is -0.443. The fraction of sp³-hybridized carbons (Fsp3) is 0.444. The number of carbonyl (C=O) groups excluding carboxylic acids is 2. The van der Waals surface area contributed by atoms with Gasteiger partial charge in [0.15, 0.2) is 0 Å². The maximum atomic E-state index is 12.6. The van der Waals surface area contributed by atoms with Gasteiger partial charge in [-0.2, -0.15) is 0 Å². The standard InChI is InChI=1S/C18H20N2O4S/c1-12-7-8-14(9-15(12)20(23)24)10-16-17(21)19(18(22)25-16)11-13-5-3-2-4-6-13/h7-10,13H,2-6,11H2,1H3/b16-10+. The molecule has 2 amide bonds. The van der Waals surface area contributed by atoms with Gasteiger partial charge in [0.1, 0.15) is 0 Å². The quantitative estimate of drug-likeness (QED) is 0.448. The smallest absolute Gasteiger partial charge is 0.268 e. The average Bonchev–Trinajstić information content (AvgIpc) is 2.85. The molecule has 1 saturated carbocycles. The molecule has 0 N–H and O–H groups in total. The Balaban J connectivity index is 1.78. The highest BCUT2D eigenvalue weighted by molar-refractivity contribution is 8.18. The van der Waals surface area contributed by atoms with Crippen molar-refractivity contribution in [1.82, 2.24) is 4.90 Å². The number of thioether (sulfide) groups is 1. The summed E-state index contributed by atoms with van der Waals surface area (Å²) in [5, 5.41) is 10.8. The second kappa shape index (κ2) is 7.39. The third-order valence-corrected chi connectivity index (χ3v) is 5.67. The fourth-order valence-electron chi connectivity index (χ4n) is 3.35. The monoisotopic (exact) mass is 360 g/mol. The number of carbonyl (C=O) groups is 2. The molecule has 2 aliphatic rings. The minimum absolute atomic E-state index is 0.00943. The van der Waals surface area contributed by atoms with Gasteiger partial charge in [-0.25, -0.2) is 0 Å². The van der Waals surface area contributed by atoms with Crippen LogP contribution in [0.5, 0.6) is 0 Å². The van der Waals surface area contributed by atoms with Gasteiger partial charge in [-0.1, -0.05) is 31.4 Å². The van der Waals surface area contributed by atoms with Crippen molar-refractivity contribution in [2.45, 2.75) is 39.0 Å². The molecule has 0 unspecified atom stereocenters. The Morgan fingerprint density at radius 1 is 1.28 bits per heavy atom. The Hall–Kier alpha value is -2.15. The second-order valence-corrected chi connectivity index (χ2v) is 7.59. The van der Waals surface area contributed by atoms with Gasteiger partial charge in [-0.15, -0.1) is 0 Å². The van der Waals surface area contributed by atoms with E-state index in [1.807, 2.05) is 0 Å². The van der Waals surface area contributed by atoms with Crippen LogP contribution in [0.4, 0.5) is 10.5 Å². The van der Waals surface area contributed by atoms with Gasteiger partial charge >= 0.3 is 0 Å². The summed E-state index contributed by atoms with van der Waals surface area (Å²) in [6.45, 7) is 2.15. The van der Waals surface area contributed by atoms with E-state index in [4.69, 9.17) is 0 Å². The molecule has 1 aromatic carbocycles. The van der Waals surface area contributed by atoms with Crippen LogP contribution in [0.3, 0.4) is 0 Å². The van der Waals surface area contributed by atoms with Crippen LogP contribution in [0.1, 0.15) is 43.2 Å². The molecule has 7 heteroatoms. The maximum absolute atomic E-state index is 12.6. The number of benzene rings is 1. The lowest BCUT2D eigenvalue weighted by Crippen LogP contribution is -2.34. The summed E-state index contributed by atoms with van der Waals surface area (Å²) in [7, 11) is 0. The molecular weight excluding hydrogens is 340 g/mol. The molecule has 1 aliphatic heterocycles. The Morgan fingerprint density at radius 2 is 2.00 bits per heavy atom. The van der Waals surface area contributed by atoms with Crippen LogP contribution in [0.25, 0.3) is 6.08 Å². The van der Waals surface area contributed by atoms with Gasteiger partial charge in [0.2, 0.25) is 0 Å². The zero-order valence-electron chi connectivity index (χ0n) is 14.1. The molecule has 2 fully saturated rings. The molecule has 0 spiro atoms. The summed E-state index contributed by atoms with van der Waals surface area (Å²) in [5.41, 5.74) is 1.13. The molecular formula is C18H20N2O4S. The highest BCUT2D eigenvalue weighted by Crippen LogP contribution is 2.35. The summed E-state index contributed by atoms with van der Waals surface area (Å²) < 4.78 is 0. The van der Waals surface area contributed by atoms with Crippen LogP contribution in [0, 0.1) is 23.0 Å². The van der Waals surface area contributed by atoms with Crippen LogP contribution in [0.2, 0.25) is 0 Å². The topological polar surface area (TPSA) is 80.5 Å². The van der Waals surface area contributed by atoms with Gasteiger partial charge in [0.05, 0.1) is 9.83 Å². The van der Waals surface area contributed by atoms with Crippen molar-refractivity contribution in [3.63, 3.8) is 0 Å². The molecule has 0 atom stereocenters. The van der Waals surface area contributed by atoms with Crippen molar-refractivity contribution >= 4 is 34.7 Å². The van der Waals surface area contributed by atoms with E-state index in [9.17, 15) is 19.7 Å². The van der Waals surface area contributed by atoms with Gasteiger partial charge in [0, 0.05) is 18.2 Å². The number of nitrogens with zero attached hydrogens (tertiary/aromatic N) is 2. The predicted octanol–water partition coefficient (Wildman–Crippen LogP) is 4.52. The summed E-state index contributed by atoms with van der Waals surface area (Å²) in [6.07, 6.45) is 7.23.